The number of cyclic esters (lactones) is 1. The van der Waals surface area contributed by atoms with Gasteiger partial charge >= 0.3 is 5.97 Å². The third-order valence-corrected chi connectivity index (χ3v) is 10.4. The molecule has 0 aliphatic carbocycles. The molecule has 12 heteroatoms. The number of amides is 3. The van der Waals surface area contributed by atoms with Crippen molar-refractivity contribution in [3.63, 3.8) is 0 Å². The van der Waals surface area contributed by atoms with Crippen LogP contribution >= 0.6 is 15.9 Å². The molecular weight excluding hydrogens is 682 g/mol. The number of allylic oxidation sites excluding steroid dienone is 1. The lowest BCUT2D eigenvalue weighted by atomic mass is 9.74. The van der Waals surface area contributed by atoms with E-state index in [0.717, 1.165) is 0 Å². The number of nitrogens with one attached hydrogen (secondary N) is 1. The highest BCUT2D eigenvalue weighted by molar-refractivity contribution is 9.11. The molecule has 5 bridgehead atoms. The van der Waals surface area contributed by atoms with Crippen LogP contribution in [-0.2, 0) is 28.7 Å². The second kappa shape index (κ2) is 13.9. The largest absolute Gasteiger partial charge is 0.497 e. The quantitative estimate of drug-likeness (QED) is 0.341. The molecule has 3 amide bonds. The molecule has 0 aromatic heterocycles. The van der Waals surface area contributed by atoms with Gasteiger partial charge in [-0.15, -0.1) is 0 Å². The van der Waals surface area contributed by atoms with E-state index in [1.807, 2.05) is 56.3 Å². The predicted molar refractivity (Wildman–Crippen MR) is 180 cm³/mol. The molecular formula is C36H40BrN3O8. The summed E-state index contributed by atoms with van der Waals surface area (Å²) in [5.41, 5.74) is -0.279. The zero-order valence-corrected chi connectivity index (χ0v) is 28.7. The minimum Gasteiger partial charge on any atom is -0.497 e. The number of methoxy groups -OCH3 is 1. The number of hydrogen-bond donors (Lipinski definition) is 2. The third-order valence-electron chi connectivity index (χ3n) is 9.74. The smallest absolute Gasteiger partial charge is 0.313 e. The van der Waals surface area contributed by atoms with Gasteiger partial charge in [-0.3, -0.25) is 19.2 Å². The van der Waals surface area contributed by atoms with Crippen LogP contribution in [0.2, 0.25) is 0 Å². The second-order valence-corrected chi connectivity index (χ2v) is 13.8. The van der Waals surface area contributed by atoms with Gasteiger partial charge in [0.1, 0.15) is 35.5 Å². The van der Waals surface area contributed by atoms with Gasteiger partial charge < -0.3 is 34.4 Å². The number of ether oxygens (including phenoxy) is 3. The zero-order valence-electron chi connectivity index (χ0n) is 27.1. The van der Waals surface area contributed by atoms with Crippen LogP contribution in [0.5, 0.6) is 5.75 Å². The molecule has 0 saturated carbocycles. The van der Waals surface area contributed by atoms with Crippen LogP contribution in [-0.4, -0.2) is 84.3 Å². The van der Waals surface area contributed by atoms with Crippen molar-refractivity contribution in [2.45, 2.75) is 56.6 Å². The Morgan fingerprint density at radius 2 is 1.77 bits per heavy atom. The fraction of sp³-hybridized carbons (Fsp3) is 0.444. The molecule has 0 unspecified atom stereocenters. The molecule has 48 heavy (non-hydrogen) atoms. The van der Waals surface area contributed by atoms with Crippen LogP contribution in [0, 0.1) is 17.8 Å². The summed E-state index contributed by atoms with van der Waals surface area (Å²) < 4.78 is 18.6. The maximum absolute atomic E-state index is 15.0. The Balaban J connectivity index is 1.48. The summed E-state index contributed by atoms with van der Waals surface area (Å²) in [6.45, 7) is 3.53. The molecule has 2 saturated heterocycles. The average Bonchev–Trinajstić information content (AvgIpc) is 3.68. The summed E-state index contributed by atoms with van der Waals surface area (Å²) in [7, 11) is 1.55. The number of fused-ring (bicyclic) bond motifs is 2. The number of benzene rings is 2. The predicted octanol–water partition coefficient (Wildman–Crippen LogP) is 3.67. The minimum atomic E-state index is -1.51. The molecule has 254 valence electrons. The van der Waals surface area contributed by atoms with E-state index in [2.05, 4.69) is 21.2 Å². The minimum absolute atomic E-state index is 0.0374. The van der Waals surface area contributed by atoms with Gasteiger partial charge in [-0.25, -0.2) is 0 Å². The van der Waals surface area contributed by atoms with Crippen LogP contribution in [0.15, 0.2) is 77.3 Å². The lowest BCUT2D eigenvalue weighted by Crippen LogP contribution is -2.59. The summed E-state index contributed by atoms with van der Waals surface area (Å²) >= 11 is 3.59. The van der Waals surface area contributed by atoms with E-state index < -0.39 is 66.1 Å². The Morgan fingerprint density at radius 3 is 2.44 bits per heavy atom. The molecule has 11 nitrogen and oxygen atoms in total. The van der Waals surface area contributed by atoms with Gasteiger partial charge in [0.05, 0.1) is 32.2 Å². The Kier molecular flexibility index (Phi) is 9.78. The molecule has 2 fully saturated rings. The standard InChI is InChI=1S/C36H40BrN3O8/c1-21(2)26(20-41)40-32-34(44)39(23-13-15-24(46-3)16-14-23)17-9-5-8-12-28(42)38-19-27(22-10-6-4-7-11-22)47-35(45)29-30(33(40)43)36(32)18-25(37)31(29)48-36/h4-7,9-11,13-16,18,21,26-27,29-32,41H,8,12,17,19-20H2,1-3H3,(H,38,42)/b9-5-/t26-,27+,29+,30-,31+,32+,36-/m0/s1. The molecule has 4 aliphatic heterocycles. The molecule has 0 radical (unpaired) electrons. The SMILES string of the molecule is COc1ccc(N2C/C=C\CCC(=O)NC[C@H](c3ccccc3)OC(=O)[C@H]3[C@@H]4O[C@@]5(C=C4Br)[C@@H]3C(=O)N([C@@H](CO)C(C)C)[C@@H]5C2=O)cc1. The van der Waals surface area contributed by atoms with Crippen LogP contribution < -0.4 is 15.0 Å². The van der Waals surface area contributed by atoms with Crippen LogP contribution in [0.25, 0.3) is 0 Å². The summed E-state index contributed by atoms with van der Waals surface area (Å²) in [6.07, 6.45) is 4.31. The monoisotopic (exact) mass is 721 g/mol. The van der Waals surface area contributed by atoms with Crippen LogP contribution in [0.1, 0.15) is 38.4 Å². The van der Waals surface area contributed by atoms with Crippen molar-refractivity contribution < 1.29 is 38.5 Å². The number of esters is 1. The highest BCUT2D eigenvalue weighted by Gasteiger charge is 2.75. The van der Waals surface area contributed by atoms with Crippen molar-refractivity contribution in [3.8, 4) is 5.75 Å². The lowest BCUT2D eigenvalue weighted by molar-refractivity contribution is -0.160. The van der Waals surface area contributed by atoms with Crippen molar-refractivity contribution in [1.82, 2.24) is 10.2 Å². The first kappa shape index (κ1) is 33.9. The fourth-order valence-electron chi connectivity index (χ4n) is 7.34. The van der Waals surface area contributed by atoms with E-state index in [1.165, 1.54) is 4.90 Å². The number of aliphatic hydroxyl groups is 1. The van der Waals surface area contributed by atoms with E-state index >= 15 is 4.79 Å². The number of anilines is 1. The van der Waals surface area contributed by atoms with Crippen molar-refractivity contribution >= 4 is 45.3 Å². The van der Waals surface area contributed by atoms with Gasteiger partial charge in [-0.2, -0.15) is 0 Å². The maximum Gasteiger partial charge on any atom is 0.313 e. The van der Waals surface area contributed by atoms with Crippen LogP contribution in [0.4, 0.5) is 5.69 Å². The number of halogens is 1. The number of carbonyl (C=O) groups is 4. The molecule has 2 aromatic carbocycles. The normalized spacial score (nSPS) is 30.5. The number of aliphatic hydroxyl groups excluding tert-OH is 1. The summed E-state index contributed by atoms with van der Waals surface area (Å²) in [6, 6.07) is 14.2. The van der Waals surface area contributed by atoms with Crippen molar-refractivity contribution in [1.29, 1.82) is 0 Å². The van der Waals surface area contributed by atoms with Crippen molar-refractivity contribution in [2.24, 2.45) is 17.8 Å². The average molecular weight is 723 g/mol. The summed E-state index contributed by atoms with van der Waals surface area (Å²) in [4.78, 5) is 59.8. The van der Waals surface area contributed by atoms with Gasteiger partial charge in [0, 0.05) is 23.1 Å². The topological polar surface area (TPSA) is 135 Å². The van der Waals surface area contributed by atoms with E-state index in [-0.39, 0.29) is 31.3 Å². The highest BCUT2D eigenvalue weighted by Crippen LogP contribution is 2.59. The number of likely N-dealkylation sites (tertiary alicyclic amines) is 1. The van der Waals surface area contributed by atoms with Gasteiger partial charge in [-0.05, 0) is 48.2 Å². The Morgan fingerprint density at radius 1 is 1.04 bits per heavy atom. The lowest BCUT2D eigenvalue weighted by Gasteiger charge is -2.40. The Labute approximate surface area is 288 Å². The first-order chi connectivity index (χ1) is 23.1. The Bertz CT molecular complexity index is 1610. The summed E-state index contributed by atoms with van der Waals surface area (Å²) in [5.74, 6) is -3.58. The zero-order chi connectivity index (χ0) is 34.2. The Hall–Kier alpha value is -4.00. The van der Waals surface area contributed by atoms with Crippen molar-refractivity contribution in [3.05, 3.63) is 82.9 Å². The van der Waals surface area contributed by atoms with Gasteiger partial charge in [0.25, 0.3) is 5.91 Å². The number of hydrogen-bond acceptors (Lipinski definition) is 8. The van der Waals surface area contributed by atoms with E-state index in [1.54, 1.807) is 42.4 Å². The fourth-order valence-corrected chi connectivity index (χ4v) is 8.07. The van der Waals surface area contributed by atoms with E-state index in [4.69, 9.17) is 14.2 Å². The first-order valence-corrected chi connectivity index (χ1v) is 17.0. The molecule has 2 N–H and O–H groups in total. The summed E-state index contributed by atoms with van der Waals surface area (Å²) in [5, 5.41) is 13.5. The second-order valence-electron chi connectivity index (χ2n) is 12.9. The molecule has 6 rings (SSSR count). The van der Waals surface area contributed by atoms with Gasteiger partial charge in [-0.1, -0.05) is 72.3 Å². The molecule has 4 heterocycles. The van der Waals surface area contributed by atoms with Crippen LogP contribution in [0.3, 0.4) is 0 Å². The van der Waals surface area contributed by atoms with Gasteiger partial charge in [0.15, 0.2) is 0 Å². The molecule has 2 aromatic rings. The molecule has 7 atom stereocenters. The maximum atomic E-state index is 15.0. The third kappa shape index (κ3) is 5.94. The van der Waals surface area contributed by atoms with E-state index in [9.17, 15) is 19.5 Å². The number of carbonyl (C=O) groups excluding carboxylic acids is 4. The number of rotatable bonds is 6. The highest BCUT2D eigenvalue weighted by atomic mass is 79.9. The van der Waals surface area contributed by atoms with E-state index in [0.29, 0.717) is 27.9 Å². The van der Waals surface area contributed by atoms with Gasteiger partial charge in [0.2, 0.25) is 11.8 Å². The number of nitrogens with zero attached hydrogens (tertiary/aromatic N) is 2. The van der Waals surface area contributed by atoms with Crippen molar-refractivity contribution in [2.75, 3.05) is 31.7 Å². The molecule has 4 aliphatic rings. The first-order valence-electron chi connectivity index (χ1n) is 16.2. The molecule has 1 spiro atoms.